The van der Waals surface area contributed by atoms with E-state index >= 15 is 0 Å². The third kappa shape index (κ3) is 3.89. The van der Waals surface area contributed by atoms with Gasteiger partial charge in [-0.1, -0.05) is 30.3 Å². The summed E-state index contributed by atoms with van der Waals surface area (Å²) in [5, 5.41) is 4.92. The lowest BCUT2D eigenvalue weighted by molar-refractivity contribution is -0.145. The molecule has 0 aliphatic carbocycles. The highest BCUT2D eigenvalue weighted by atomic mass is 16.5. The first-order chi connectivity index (χ1) is 14.2. The SMILES string of the molecule is COC(=O)c1cn(CC(=O)OCc2ccc(-n3cccn3)cc2)c2ccccc12. The van der Waals surface area contributed by atoms with Gasteiger partial charge in [0, 0.05) is 29.5 Å². The van der Waals surface area contributed by atoms with Crippen molar-refractivity contribution in [3.63, 3.8) is 0 Å². The molecule has 0 aliphatic heterocycles. The fourth-order valence-electron chi connectivity index (χ4n) is 3.17. The first-order valence-corrected chi connectivity index (χ1v) is 9.06. The molecule has 0 amide bonds. The molecule has 0 saturated heterocycles. The summed E-state index contributed by atoms with van der Waals surface area (Å²) in [5.74, 6) is -0.830. The summed E-state index contributed by atoms with van der Waals surface area (Å²) >= 11 is 0. The van der Waals surface area contributed by atoms with Crippen molar-refractivity contribution < 1.29 is 19.1 Å². The number of fused-ring (bicyclic) bond motifs is 1. The summed E-state index contributed by atoms with van der Waals surface area (Å²) in [6.07, 6.45) is 5.20. The number of methoxy groups -OCH3 is 1. The van der Waals surface area contributed by atoms with Crippen LogP contribution in [0.1, 0.15) is 15.9 Å². The van der Waals surface area contributed by atoms with Crippen molar-refractivity contribution in [2.45, 2.75) is 13.2 Å². The molecule has 2 aromatic carbocycles. The molecule has 4 aromatic rings. The van der Waals surface area contributed by atoms with Crippen LogP contribution >= 0.6 is 0 Å². The highest BCUT2D eigenvalue weighted by Crippen LogP contribution is 2.22. The molecule has 0 radical (unpaired) electrons. The van der Waals surface area contributed by atoms with Crippen molar-refractivity contribution in [1.29, 1.82) is 0 Å². The Morgan fingerprint density at radius 3 is 2.55 bits per heavy atom. The van der Waals surface area contributed by atoms with Crippen LogP contribution in [-0.4, -0.2) is 33.4 Å². The molecule has 7 heteroatoms. The average Bonchev–Trinajstić information content (AvgIpc) is 3.41. The monoisotopic (exact) mass is 389 g/mol. The van der Waals surface area contributed by atoms with Crippen LogP contribution in [0.5, 0.6) is 0 Å². The molecular formula is C22H19N3O4. The molecule has 4 rings (SSSR count). The van der Waals surface area contributed by atoms with Crippen LogP contribution in [-0.2, 0) is 27.4 Å². The van der Waals surface area contributed by atoms with Crippen LogP contribution in [0.25, 0.3) is 16.6 Å². The minimum Gasteiger partial charge on any atom is -0.465 e. The Labute approximate surface area is 167 Å². The number of nitrogens with zero attached hydrogens (tertiary/aromatic N) is 3. The van der Waals surface area contributed by atoms with Crippen LogP contribution in [0, 0.1) is 0 Å². The average molecular weight is 389 g/mol. The molecule has 0 spiro atoms. The normalized spacial score (nSPS) is 10.8. The molecule has 0 aliphatic rings. The maximum atomic E-state index is 12.4. The first kappa shape index (κ1) is 18.5. The topological polar surface area (TPSA) is 75.3 Å². The molecule has 2 aromatic heterocycles. The number of benzene rings is 2. The van der Waals surface area contributed by atoms with Gasteiger partial charge >= 0.3 is 11.9 Å². The van der Waals surface area contributed by atoms with E-state index in [9.17, 15) is 9.59 Å². The third-order valence-corrected chi connectivity index (χ3v) is 4.60. The quantitative estimate of drug-likeness (QED) is 0.473. The van der Waals surface area contributed by atoms with Gasteiger partial charge in [0.05, 0.1) is 18.4 Å². The summed E-state index contributed by atoms with van der Waals surface area (Å²) in [6.45, 7) is 0.171. The lowest BCUT2D eigenvalue weighted by Crippen LogP contribution is -2.13. The standard InChI is InChI=1S/C22H19N3O4/c1-28-22(27)19-13-24(20-6-3-2-5-18(19)20)14-21(26)29-15-16-7-9-17(10-8-16)25-12-4-11-23-25/h2-13H,14-15H2,1H3. The Balaban J connectivity index is 1.43. The Morgan fingerprint density at radius 1 is 1.03 bits per heavy atom. The van der Waals surface area contributed by atoms with Crippen LogP contribution in [0.15, 0.2) is 73.2 Å². The molecule has 0 saturated carbocycles. The second kappa shape index (κ2) is 8.02. The van der Waals surface area contributed by atoms with E-state index < -0.39 is 11.9 Å². The zero-order chi connectivity index (χ0) is 20.2. The van der Waals surface area contributed by atoms with Crippen molar-refractivity contribution in [1.82, 2.24) is 14.3 Å². The Bertz CT molecular complexity index is 1140. The number of esters is 2. The summed E-state index contributed by atoms with van der Waals surface area (Å²) in [6, 6.07) is 16.8. The Morgan fingerprint density at radius 2 is 1.83 bits per heavy atom. The smallest absolute Gasteiger partial charge is 0.340 e. The maximum absolute atomic E-state index is 12.4. The van der Waals surface area contributed by atoms with Gasteiger partial charge < -0.3 is 14.0 Å². The zero-order valence-electron chi connectivity index (χ0n) is 15.8. The molecule has 0 N–H and O–H groups in total. The molecule has 7 nitrogen and oxygen atoms in total. The van der Waals surface area contributed by atoms with E-state index in [1.54, 1.807) is 21.6 Å². The molecule has 0 atom stereocenters. The van der Waals surface area contributed by atoms with E-state index in [0.717, 1.165) is 22.2 Å². The lowest BCUT2D eigenvalue weighted by Gasteiger charge is -2.08. The van der Waals surface area contributed by atoms with Gasteiger partial charge in [0.15, 0.2) is 0 Å². The molecule has 0 fully saturated rings. The van der Waals surface area contributed by atoms with Gasteiger partial charge in [-0.15, -0.1) is 0 Å². The Hall–Kier alpha value is -3.87. The van der Waals surface area contributed by atoms with E-state index in [1.165, 1.54) is 7.11 Å². The number of carbonyl (C=O) groups excluding carboxylic acids is 2. The van der Waals surface area contributed by atoms with Gasteiger partial charge in [-0.2, -0.15) is 5.10 Å². The van der Waals surface area contributed by atoms with Crippen molar-refractivity contribution >= 4 is 22.8 Å². The van der Waals surface area contributed by atoms with Gasteiger partial charge in [0.1, 0.15) is 13.2 Å². The summed E-state index contributed by atoms with van der Waals surface area (Å²) < 4.78 is 13.7. The second-order valence-corrected chi connectivity index (χ2v) is 6.46. The number of hydrogen-bond acceptors (Lipinski definition) is 5. The molecule has 0 bridgehead atoms. The highest BCUT2D eigenvalue weighted by molar-refractivity contribution is 6.04. The van der Waals surface area contributed by atoms with Crippen molar-refractivity contribution in [3.05, 3.63) is 84.3 Å². The zero-order valence-corrected chi connectivity index (χ0v) is 15.8. The number of rotatable bonds is 6. The lowest BCUT2D eigenvalue weighted by atomic mass is 10.2. The van der Waals surface area contributed by atoms with Gasteiger partial charge in [0.25, 0.3) is 0 Å². The highest BCUT2D eigenvalue weighted by Gasteiger charge is 2.17. The number of carbonyl (C=O) groups is 2. The minimum atomic E-state index is -0.439. The summed E-state index contributed by atoms with van der Waals surface area (Å²) in [7, 11) is 1.33. The van der Waals surface area contributed by atoms with Crippen LogP contribution < -0.4 is 0 Å². The predicted molar refractivity (Wildman–Crippen MR) is 107 cm³/mol. The van der Waals surface area contributed by atoms with E-state index in [0.29, 0.717) is 5.56 Å². The number of para-hydroxylation sites is 1. The maximum Gasteiger partial charge on any atom is 0.340 e. The van der Waals surface area contributed by atoms with Crippen LogP contribution in [0.4, 0.5) is 0 Å². The summed E-state index contributed by atoms with van der Waals surface area (Å²) in [5.41, 5.74) is 3.00. The van der Waals surface area contributed by atoms with Gasteiger partial charge in [-0.05, 0) is 29.8 Å². The molecular weight excluding hydrogens is 370 g/mol. The van der Waals surface area contributed by atoms with E-state index in [-0.39, 0.29) is 13.2 Å². The van der Waals surface area contributed by atoms with Crippen LogP contribution in [0.3, 0.4) is 0 Å². The predicted octanol–water partition coefficient (Wildman–Crippen LogP) is 3.36. The van der Waals surface area contributed by atoms with Crippen molar-refractivity contribution in [2.75, 3.05) is 7.11 Å². The number of hydrogen-bond donors (Lipinski definition) is 0. The summed E-state index contributed by atoms with van der Waals surface area (Å²) in [4.78, 5) is 24.4. The second-order valence-electron chi connectivity index (χ2n) is 6.46. The number of ether oxygens (including phenoxy) is 2. The molecule has 2 heterocycles. The minimum absolute atomic E-state index is 0.00286. The number of aromatic nitrogens is 3. The fourth-order valence-corrected chi connectivity index (χ4v) is 3.17. The van der Waals surface area contributed by atoms with E-state index in [2.05, 4.69) is 5.10 Å². The van der Waals surface area contributed by atoms with Crippen molar-refractivity contribution in [3.8, 4) is 5.69 Å². The van der Waals surface area contributed by atoms with Gasteiger partial charge in [-0.3, -0.25) is 4.79 Å². The van der Waals surface area contributed by atoms with Crippen molar-refractivity contribution in [2.24, 2.45) is 0 Å². The third-order valence-electron chi connectivity index (χ3n) is 4.60. The molecule has 146 valence electrons. The van der Waals surface area contributed by atoms with Crippen LogP contribution in [0.2, 0.25) is 0 Å². The fraction of sp³-hybridized carbons (Fsp3) is 0.136. The largest absolute Gasteiger partial charge is 0.465 e. The Kier molecular flexibility index (Phi) is 5.11. The van der Waals surface area contributed by atoms with E-state index in [1.807, 2.05) is 60.8 Å². The first-order valence-electron chi connectivity index (χ1n) is 9.06. The van der Waals surface area contributed by atoms with Gasteiger partial charge in [0.2, 0.25) is 0 Å². The molecule has 0 unspecified atom stereocenters. The van der Waals surface area contributed by atoms with Gasteiger partial charge in [-0.25, -0.2) is 9.48 Å². The molecule has 29 heavy (non-hydrogen) atoms. The van der Waals surface area contributed by atoms with E-state index in [4.69, 9.17) is 9.47 Å².